The summed E-state index contributed by atoms with van der Waals surface area (Å²) in [5.41, 5.74) is 6.12. The van der Waals surface area contributed by atoms with Crippen LogP contribution in [-0.4, -0.2) is 25.0 Å². The molecule has 1 saturated carbocycles. The molecule has 144 valence electrons. The normalized spacial score (nSPS) is 14.5. The van der Waals surface area contributed by atoms with Crippen LogP contribution in [0.15, 0.2) is 40.1 Å². The summed E-state index contributed by atoms with van der Waals surface area (Å²) in [5, 5.41) is 3.06. The van der Waals surface area contributed by atoms with Crippen molar-refractivity contribution >= 4 is 28.7 Å². The summed E-state index contributed by atoms with van der Waals surface area (Å²) in [4.78, 5) is 45.0. The number of aromatic nitrogens is 4. The lowest BCUT2D eigenvalue weighted by atomic mass is 10.2. The van der Waals surface area contributed by atoms with Crippen molar-refractivity contribution in [2.45, 2.75) is 31.7 Å². The van der Waals surface area contributed by atoms with Gasteiger partial charge in [-0.1, -0.05) is 12.8 Å². The average Bonchev–Trinajstić information content (AvgIpc) is 3.21. The van der Waals surface area contributed by atoms with Gasteiger partial charge in [0.2, 0.25) is 11.9 Å². The molecule has 2 aromatic heterocycles. The van der Waals surface area contributed by atoms with Crippen molar-refractivity contribution in [3.8, 4) is 0 Å². The second-order valence-electron chi connectivity index (χ2n) is 6.95. The molecule has 0 bridgehead atoms. The Bertz CT molecular complexity index is 1170. The number of fused-ring (bicyclic) bond motifs is 1. The van der Waals surface area contributed by atoms with E-state index in [0.717, 1.165) is 25.7 Å². The number of nitrogens with zero attached hydrogens (tertiary/aromatic N) is 4. The Morgan fingerprint density at radius 3 is 2.46 bits per heavy atom. The maximum absolute atomic E-state index is 12.7. The van der Waals surface area contributed by atoms with Gasteiger partial charge in [0.15, 0.2) is 5.65 Å². The van der Waals surface area contributed by atoms with E-state index < -0.39 is 17.0 Å². The molecule has 3 aromatic rings. The third-order valence-electron chi connectivity index (χ3n) is 5.16. The highest BCUT2D eigenvalue weighted by molar-refractivity contribution is 5.93. The second kappa shape index (κ2) is 6.91. The molecule has 1 aromatic carbocycles. The van der Waals surface area contributed by atoms with Gasteiger partial charge in [-0.3, -0.25) is 19.0 Å². The van der Waals surface area contributed by atoms with E-state index in [1.54, 1.807) is 31.3 Å². The Balaban J connectivity index is 1.80. The van der Waals surface area contributed by atoms with Crippen LogP contribution in [0, 0.1) is 0 Å². The van der Waals surface area contributed by atoms with Crippen LogP contribution < -0.4 is 22.2 Å². The van der Waals surface area contributed by atoms with Gasteiger partial charge in [-0.25, -0.2) is 4.98 Å². The molecule has 0 unspecified atom stereocenters. The van der Waals surface area contributed by atoms with Gasteiger partial charge in [0.05, 0.1) is 6.20 Å². The molecular formula is C19H20N6O3. The maximum Gasteiger partial charge on any atom is 0.318 e. The molecule has 1 amide bonds. The minimum atomic E-state index is -0.578. The number of hydrogen-bond acceptors (Lipinski definition) is 6. The summed E-state index contributed by atoms with van der Waals surface area (Å²) in [5.74, 6) is -0.209. The summed E-state index contributed by atoms with van der Waals surface area (Å²) in [6.45, 7) is 0. The molecule has 2 heterocycles. The standard InChI is InChI=1S/C19H20N6O3/c1-24-14-10-21-19(22-12-8-6-11(7-9-12)15(20)26)23-16(14)25(18(28)17(24)27)13-4-2-3-5-13/h6-10,13H,2-5H2,1H3,(H2,20,26)(H,21,22,23). The van der Waals surface area contributed by atoms with E-state index in [2.05, 4.69) is 15.3 Å². The number of amides is 1. The van der Waals surface area contributed by atoms with Gasteiger partial charge >= 0.3 is 11.1 Å². The molecule has 1 fully saturated rings. The highest BCUT2D eigenvalue weighted by atomic mass is 16.2. The van der Waals surface area contributed by atoms with E-state index in [4.69, 9.17) is 5.73 Å². The molecule has 0 spiro atoms. The SMILES string of the molecule is Cn1c(=O)c(=O)n(C2CCCC2)c2nc(Nc3ccc(C(N)=O)cc3)ncc21. The third kappa shape index (κ3) is 3.04. The largest absolute Gasteiger partial charge is 0.366 e. The van der Waals surface area contributed by atoms with Crippen molar-refractivity contribution in [3.05, 3.63) is 56.7 Å². The molecule has 3 N–H and O–H groups in total. The molecule has 9 nitrogen and oxygen atoms in total. The molecule has 1 aliphatic rings. The lowest BCUT2D eigenvalue weighted by Crippen LogP contribution is -2.42. The average molecular weight is 380 g/mol. The summed E-state index contributed by atoms with van der Waals surface area (Å²) in [7, 11) is 1.55. The number of nitrogens with two attached hydrogens (primary N) is 1. The van der Waals surface area contributed by atoms with E-state index in [-0.39, 0.29) is 6.04 Å². The van der Waals surface area contributed by atoms with Crippen molar-refractivity contribution in [2.75, 3.05) is 5.32 Å². The van der Waals surface area contributed by atoms with Crippen LogP contribution in [-0.2, 0) is 7.05 Å². The van der Waals surface area contributed by atoms with Crippen LogP contribution in [0.3, 0.4) is 0 Å². The number of carbonyl (C=O) groups is 1. The molecule has 9 heteroatoms. The lowest BCUT2D eigenvalue weighted by Gasteiger charge is -2.17. The zero-order valence-corrected chi connectivity index (χ0v) is 15.4. The smallest absolute Gasteiger partial charge is 0.318 e. The Morgan fingerprint density at radius 1 is 1.14 bits per heavy atom. The Kier molecular flexibility index (Phi) is 4.42. The summed E-state index contributed by atoms with van der Waals surface area (Å²) < 4.78 is 2.81. The first kappa shape index (κ1) is 17.9. The van der Waals surface area contributed by atoms with Crippen LogP contribution in [0.5, 0.6) is 0 Å². The maximum atomic E-state index is 12.7. The van der Waals surface area contributed by atoms with Crippen LogP contribution in [0.2, 0.25) is 0 Å². The van der Waals surface area contributed by atoms with E-state index in [1.807, 2.05) is 0 Å². The fourth-order valence-electron chi connectivity index (χ4n) is 3.64. The summed E-state index contributed by atoms with van der Waals surface area (Å²) in [6.07, 6.45) is 5.29. The van der Waals surface area contributed by atoms with Gasteiger partial charge in [0.25, 0.3) is 0 Å². The molecule has 0 aliphatic heterocycles. The van der Waals surface area contributed by atoms with E-state index in [0.29, 0.717) is 28.4 Å². The number of nitrogens with one attached hydrogen (secondary N) is 1. The Hall–Kier alpha value is -3.49. The topological polar surface area (TPSA) is 125 Å². The molecule has 0 radical (unpaired) electrons. The van der Waals surface area contributed by atoms with Gasteiger partial charge in [0.1, 0.15) is 5.52 Å². The van der Waals surface area contributed by atoms with Crippen molar-refractivity contribution in [2.24, 2.45) is 12.8 Å². The minimum Gasteiger partial charge on any atom is -0.366 e. The van der Waals surface area contributed by atoms with Gasteiger partial charge < -0.3 is 15.6 Å². The molecule has 1 aliphatic carbocycles. The third-order valence-corrected chi connectivity index (χ3v) is 5.16. The number of hydrogen-bond donors (Lipinski definition) is 2. The van der Waals surface area contributed by atoms with Gasteiger partial charge in [-0.05, 0) is 37.1 Å². The highest BCUT2D eigenvalue weighted by Gasteiger charge is 2.23. The predicted octanol–water partition coefficient (Wildman–Crippen LogP) is 1.45. The summed E-state index contributed by atoms with van der Waals surface area (Å²) >= 11 is 0. The van der Waals surface area contributed by atoms with E-state index in [1.165, 1.54) is 15.3 Å². The van der Waals surface area contributed by atoms with Crippen molar-refractivity contribution in [1.82, 2.24) is 19.1 Å². The van der Waals surface area contributed by atoms with E-state index >= 15 is 0 Å². The number of primary amides is 1. The van der Waals surface area contributed by atoms with Gasteiger partial charge in [0, 0.05) is 24.3 Å². The quantitative estimate of drug-likeness (QED) is 0.660. The lowest BCUT2D eigenvalue weighted by molar-refractivity contribution is 0.100. The Labute approximate surface area is 159 Å². The number of benzene rings is 1. The van der Waals surface area contributed by atoms with Crippen molar-refractivity contribution in [3.63, 3.8) is 0 Å². The highest BCUT2D eigenvalue weighted by Crippen LogP contribution is 2.30. The van der Waals surface area contributed by atoms with Crippen molar-refractivity contribution < 1.29 is 4.79 Å². The molecule has 4 rings (SSSR count). The second-order valence-corrected chi connectivity index (χ2v) is 6.95. The number of rotatable bonds is 4. The number of carbonyl (C=O) groups excluding carboxylic acids is 1. The number of aryl methyl sites for hydroxylation is 1. The van der Waals surface area contributed by atoms with Crippen LogP contribution in [0.1, 0.15) is 42.1 Å². The molecule has 28 heavy (non-hydrogen) atoms. The van der Waals surface area contributed by atoms with Crippen LogP contribution in [0.25, 0.3) is 11.2 Å². The van der Waals surface area contributed by atoms with Crippen LogP contribution >= 0.6 is 0 Å². The van der Waals surface area contributed by atoms with E-state index in [9.17, 15) is 14.4 Å². The zero-order chi connectivity index (χ0) is 19.8. The zero-order valence-electron chi connectivity index (χ0n) is 15.4. The number of anilines is 2. The monoisotopic (exact) mass is 380 g/mol. The fourth-order valence-corrected chi connectivity index (χ4v) is 3.64. The molecular weight excluding hydrogens is 360 g/mol. The first-order valence-corrected chi connectivity index (χ1v) is 9.11. The minimum absolute atomic E-state index is 0.0264. The fraction of sp³-hybridized carbons (Fsp3) is 0.316. The molecule has 0 atom stereocenters. The molecule has 0 saturated heterocycles. The predicted molar refractivity (Wildman–Crippen MR) is 105 cm³/mol. The Morgan fingerprint density at radius 2 is 1.82 bits per heavy atom. The van der Waals surface area contributed by atoms with Gasteiger partial charge in [-0.2, -0.15) is 4.98 Å². The first-order valence-electron chi connectivity index (χ1n) is 9.11. The van der Waals surface area contributed by atoms with Gasteiger partial charge in [-0.15, -0.1) is 0 Å². The van der Waals surface area contributed by atoms with Crippen LogP contribution in [0.4, 0.5) is 11.6 Å². The summed E-state index contributed by atoms with van der Waals surface area (Å²) in [6, 6.07) is 6.56. The first-order chi connectivity index (χ1) is 13.5. The van der Waals surface area contributed by atoms with Crippen molar-refractivity contribution in [1.29, 1.82) is 0 Å².